The molecule has 2 fully saturated rings. The van der Waals surface area contributed by atoms with Crippen LogP contribution in [0.1, 0.15) is 52.0 Å². The predicted octanol–water partition coefficient (Wildman–Crippen LogP) is 2.44. The fourth-order valence-electron chi connectivity index (χ4n) is 4.20. The van der Waals surface area contributed by atoms with Crippen LogP contribution in [0.5, 0.6) is 0 Å². The lowest BCUT2D eigenvalue weighted by atomic mass is 9.97. The molecule has 2 saturated heterocycles. The molecule has 5 unspecified atom stereocenters. The van der Waals surface area contributed by atoms with E-state index in [1.165, 1.54) is 6.92 Å². The summed E-state index contributed by atoms with van der Waals surface area (Å²) in [5.41, 5.74) is 0.941. The molecule has 2 aliphatic rings. The summed E-state index contributed by atoms with van der Waals surface area (Å²) in [4.78, 5) is 35.1. The van der Waals surface area contributed by atoms with Crippen LogP contribution in [0.2, 0.25) is 0 Å². The smallest absolute Gasteiger partial charge is 0.407 e. The summed E-state index contributed by atoms with van der Waals surface area (Å²) in [6.45, 7) is 6.08. The lowest BCUT2D eigenvalue weighted by Gasteiger charge is -2.40. The molecule has 1 aromatic carbocycles. The van der Waals surface area contributed by atoms with Crippen molar-refractivity contribution in [1.82, 2.24) is 10.6 Å². The molecule has 0 aromatic heterocycles. The summed E-state index contributed by atoms with van der Waals surface area (Å²) in [7, 11) is 0. The Morgan fingerprint density at radius 1 is 1.06 bits per heavy atom. The van der Waals surface area contributed by atoms with Gasteiger partial charge in [0.25, 0.3) is 0 Å². The number of aldehydes is 1. The number of ether oxygens (including phenoxy) is 5. The Morgan fingerprint density at radius 3 is 2.49 bits per heavy atom. The Bertz CT molecular complexity index is 834. The number of nitrogens with one attached hydrogen (secondary N) is 2. The van der Waals surface area contributed by atoms with Crippen molar-refractivity contribution in [2.75, 3.05) is 13.2 Å². The van der Waals surface area contributed by atoms with Gasteiger partial charge in [-0.25, -0.2) is 4.79 Å². The van der Waals surface area contributed by atoms with E-state index in [0.29, 0.717) is 19.4 Å². The Morgan fingerprint density at radius 2 is 1.77 bits per heavy atom. The maximum Gasteiger partial charge on any atom is 0.407 e. The lowest BCUT2D eigenvalue weighted by molar-refractivity contribution is -0.236. The molecule has 35 heavy (non-hydrogen) atoms. The molecule has 2 amide bonds. The van der Waals surface area contributed by atoms with Gasteiger partial charge in [0.15, 0.2) is 18.4 Å². The zero-order valence-corrected chi connectivity index (χ0v) is 20.6. The minimum atomic E-state index is -0.895. The number of carbonyl (C=O) groups is 3. The van der Waals surface area contributed by atoms with Crippen LogP contribution in [0.3, 0.4) is 0 Å². The largest absolute Gasteiger partial charge is 0.445 e. The molecule has 194 valence electrons. The average Bonchev–Trinajstić information content (AvgIpc) is 3.16. The van der Waals surface area contributed by atoms with Gasteiger partial charge >= 0.3 is 6.09 Å². The molecule has 0 spiro atoms. The Labute approximate surface area is 206 Å². The van der Waals surface area contributed by atoms with Crippen LogP contribution in [-0.2, 0) is 39.9 Å². The van der Waals surface area contributed by atoms with Gasteiger partial charge in [0.05, 0.1) is 0 Å². The van der Waals surface area contributed by atoms with Crippen LogP contribution < -0.4 is 10.6 Å². The van der Waals surface area contributed by atoms with E-state index in [-0.39, 0.29) is 12.5 Å². The van der Waals surface area contributed by atoms with Crippen molar-refractivity contribution >= 4 is 18.3 Å². The van der Waals surface area contributed by atoms with Gasteiger partial charge in [-0.2, -0.15) is 0 Å². The van der Waals surface area contributed by atoms with Crippen LogP contribution in [0.4, 0.5) is 4.79 Å². The van der Waals surface area contributed by atoms with E-state index in [2.05, 4.69) is 10.6 Å². The maximum absolute atomic E-state index is 11.8. The first-order valence-electron chi connectivity index (χ1n) is 12.1. The van der Waals surface area contributed by atoms with Gasteiger partial charge in [-0.3, -0.25) is 4.79 Å². The maximum atomic E-state index is 11.8. The second-order valence-corrected chi connectivity index (χ2v) is 9.17. The normalized spacial score (nSPS) is 27.0. The Balaban J connectivity index is 1.33. The van der Waals surface area contributed by atoms with Crippen molar-refractivity contribution in [3.8, 4) is 0 Å². The summed E-state index contributed by atoms with van der Waals surface area (Å²) < 4.78 is 28.7. The third-order valence-electron chi connectivity index (χ3n) is 5.77. The number of benzene rings is 1. The quantitative estimate of drug-likeness (QED) is 0.337. The summed E-state index contributed by atoms with van der Waals surface area (Å²) in [6, 6.07) is 8.92. The molecule has 5 atom stereocenters. The van der Waals surface area contributed by atoms with Crippen LogP contribution >= 0.6 is 0 Å². The van der Waals surface area contributed by atoms with E-state index in [0.717, 1.165) is 31.2 Å². The number of amides is 2. The van der Waals surface area contributed by atoms with Crippen LogP contribution in [0, 0.1) is 0 Å². The number of hydrogen-bond donors (Lipinski definition) is 2. The van der Waals surface area contributed by atoms with Crippen molar-refractivity contribution in [2.45, 2.75) is 89.5 Å². The van der Waals surface area contributed by atoms with Crippen LogP contribution in [-0.4, -0.2) is 67.9 Å². The molecule has 10 heteroatoms. The van der Waals surface area contributed by atoms with Gasteiger partial charge < -0.3 is 39.1 Å². The standard InChI is InChI=1S/C25H36N2O8/c1-17(29)27-20-22-21(34-25(2,3)35-22)19(15-28)33-23(20)31-14-10-5-4-9-13-26-24(30)32-16-18-11-7-6-8-12-18/h6-8,11-12,15,19-23H,4-5,9-10,13-14,16H2,1-3H3,(H,26,30)(H,27,29). The summed E-state index contributed by atoms with van der Waals surface area (Å²) in [6.07, 6.45) is 0.754. The number of hydrogen-bond acceptors (Lipinski definition) is 8. The minimum Gasteiger partial charge on any atom is -0.445 e. The minimum absolute atomic E-state index is 0.244. The molecule has 1 aromatic rings. The summed E-state index contributed by atoms with van der Waals surface area (Å²) in [5, 5.41) is 5.57. The molecule has 0 saturated carbocycles. The third-order valence-corrected chi connectivity index (χ3v) is 5.77. The SMILES string of the molecule is CC(=O)NC1C(OCCCCCCNC(=O)OCc2ccccc2)OC(C=O)C2OC(C)(C)OC12. The average molecular weight is 493 g/mol. The van der Waals surface area contributed by atoms with Gasteiger partial charge in [-0.1, -0.05) is 43.2 Å². The van der Waals surface area contributed by atoms with Gasteiger partial charge in [0.1, 0.15) is 31.0 Å². The monoisotopic (exact) mass is 492 g/mol. The van der Waals surface area contributed by atoms with Crippen molar-refractivity contribution in [3.63, 3.8) is 0 Å². The zero-order valence-electron chi connectivity index (χ0n) is 20.6. The molecular weight excluding hydrogens is 456 g/mol. The van der Waals surface area contributed by atoms with Gasteiger partial charge in [0, 0.05) is 20.1 Å². The number of carbonyl (C=O) groups excluding carboxylic acids is 3. The van der Waals surface area contributed by atoms with E-state index in [1.54, 1.807) is 13.8 Å². The highest BCUT2D eigenvalue weighted by atomic mass is 16.8. The van der Waals surface area contributed by atoms with Crippen molar-refractivity contribution in [3.05, 3.63) is 35.9 Å². The third kappa shape index (κ3) is 8.28. The molecule has 3 rings (SSSR count). The van der Waals surface area contributed by atoms with E-state index in [4.69, 9.17) is 23.7 Å². The first kappa shape index (κ1) is 27.1. The fraction of sp³-hybridized carbons (Fsp3) is 0.640. The second kappa shape index (κ2) is 13.0. The number of alkyl carbamates (subject to hydrolysis) is 1. The number of unbranched alkanes of at least 4 members (excludes halogenated alkanes) is 3. The zero-order chi connectivity index (χ0) is 25.3. The highest BCUT2D eigenvalue weighted by Gasteiger charge is 2.55. The van der Waals surface area contributed by atoms with Crippen molar-refractivity contribution < 1.29 is 38.1 Å². The molecule has 2 heterocycles. The Hall–Kier alpha value is -2.53. The predicted molar refractivity (Wildman–Crippen MR) is 125 cm³/mol. The van der Waals surface area contributed by atoms with Crippen molar-refractivity contribution in [2.24, 2.45) is 0 Å². The highest BCUT2D eigenvalue weighted by molar-refractivity contribution is 5.73. The first-order valence-corrected chi connectivity index (χ1v) is 12.1. The molecule has 0 aliphatic carbocycles. The summed E-state index contributed by atoms with van der Waals surface area (Å²) in [5.74, 6) is -1.15. The Kier molecular flexibility index (Phi) is 10.0. The molecular formula is C25H36N2O8. The van der Waals surface area contributed by atoms with E-state index >= 15 is 0 Å². The topological polar surface area (TPSA) is 121 Å². The lowest BCUT2D eigenvalue weighted by Crippen LogP contribution is -2.63. The van der Waals surface area contributed by atoms with Gasteiger partial charge in [-0.15, -0.1) is 0 Å². The van der Waals surface area contributed by atoms with Gasteiger partial charge in [-0.05, 0) is 32.3 Å². The van der Waals surface area contributed by atoms with E-state index < -0.39 is 42.5 Å². The molecule has 2 aliphatic heterocycles. The molecule has 10 nitrogen and oxygen atoms in total. The summed E-state index contributed by atoms with van der Waals surface area (Å²) >= 11 is 0. The van der Waals surface area contributed by atoms with Crippen LogP contribution in [0.15, 0.2) is 30.3 Å². The molecule has 0 radical (unpaired) electrons. The molecule has 0 bridgehead atoms. The van der Waals surface area contributed by atoms with E-state index in [9.17, 15) is 14.4 Å². The van der Waals surface area contributed by atoms with E-state index in [1.807, 2.05) is 30.3 Å². The number of fused-ring (bicyclic) bond motifs is 1. The van der Waals surface area contributed by atoms with Crippen LogP contribution in [0.25, 0.3) is 0 Å². The highest BCUT2D eigenvalue weighted by Crippen LogP contribution is 2.37. The fourth-order valence-corrected chi connectivity index (χ4v) is 4.20. The van der Waals surface area contributed by atoms with Gasteiger partial charge in [0.2, 0.25) is 5.91 Å². The number of rotatable bonds is 12. The van der Waals surface area contributed by atoms with Crippen molar-refractivity contribution in [1.29, 1.82) is 0 Å². The molecule has 2 N–H and O–H groups in total. The first-order chi connectivity index (χ1) is 16.8. The second-order valence-electron chi connectivity index (χ2n) is 9.17.